The summed E-state index contributed by atoms with van der Waals surface area (Å²) in [5.41, 5.74) is 1.63. The first kappa shape index (κ1) is 16.4. The number of nitrogens with zero attached hydrogens (tertiary/aromatic N) is 2. The number of amides is 1. The molecule has 0 radical (unpaired) electrons. The molecule has 1 heterocycles. The number of methoxy groups -OCH3 is 2. The van der Waals surface area contributed by atoms with Gasteiger partial charge in [-0.05, 0) is 37.0 Å². The fourth-order valence-corrected chi connectivity index (χ4v) is 2.76. The molecule has 3 rings (SSSR count). The number of benzene rings is 1. The van der Waals surface area contributed by atoms with Crippen molar-refractivity contribution in [1.29, 1.82) is 0 Å². The van der Waals surface area contributed by atoms with Crippen LogP contribution in [0.5, 0.6) is 11.5 Å². The molecule has 1 aliphatic carbocycles. The lowest BCUT2D eigenvalue weighted by molar-refractivity contribution is 0.0930. The van der Waals surface area contributed by atoms with E-state index in [1.807, 2.05) is 18.2 Å². The van der Waals surface area contributed by atoms with E-state index < -0.39 is 0 Å². The van der Waals surface area contributed by atoms with E-state index in [2.05, 4.69) is 17.3 Å². The van der Waals surface area contributed by atoms with E-state index in [-0.39, 0.29) is 11.4 Å². The van der Waals surface area contributed by atoms with Gasteiger partial charge in [0.15, 0.2) is 11.5 Å². The molecule has 0 bridgehead atoms. The van der Waals surface area contributed by atoms with Gasteiger partial charge in [0, 0.05) is 11.7 Å². The third-order valence-corrected chi connectivity index (χ3v) is 4.60. The SMILES string of the molecule is CCC1(NC(=O)c2cnn(Cc3ccc(OC)c(OC)c3)c2)CC1. The summed E-state index contributed by atoms with van der Waals surface area (Å²) in [6.07, 6.45) is 6.49. The van der Waals surface area contributed by atoms with Gasteiger partial charge in [0.1, 0.15) is 0 Å². The molecule has 1 aliphatic rings. The summed E-state index contributed by atoms with van der Waals surface area (Å²) in [6.45, 7) is 2.67. The van der Waals surface area contributed by atoms with Crippen LogP contribution >= 0.6 is 0 Å². The van der Waals surface area contributed by atoms with Crippen LogP contribution in [-0.2, 0) is 6.54 Å². The molecule has 0 atom stereocenters. The maximum absolute atomic E-state index is 12.3. The number of carbonyl (C=O) groups excluding carboxylic acids is 1. The van der Waals surface area contributed by atoms with Gasteiger partial charge < -0.3 is 14.8 Å². The molecule has 6 heteroatoms. The first-order valence-corrected chi connectivity index (χ1v) is 8.15. The number of rotatable bonds is 7. The summed E-state index contributed by atoms with van der Waals surface area (Å²) in [7, 11) is 3.22. The van der Waals surface area contributed by atoms with Crippen molar-refractivity contribution in [3.63, 3.8) is 0 Å². The average molecular weight is 329 g/mol. The summed E-state index contributed by atoms with van der Waals surface area (Å²) in [5.74, 6) is 1.32. The molecular weight excluding hydrogens is 306 g/mol. The molecule has 1 saturated carbocycles. The number of carbonyl (C=O) groups is 1. The third kappa shape index (κ3) is 3.37. The molecule has 24 heavy (non-hydrogen) atoms. The van der Waals surface area contributed by atoms with Crippen molar-refractivity contribution in [2.45, 2.75) is 38.3 Å². The van der Waals surface area contributed by atoms with Gasteiger partial charge in [0.2, 0.25) is 0 Å². The van der Waals surface area contributed by atoms with E-state index in [1.165, 1.54) is 0 Å². The Morgan fingerprint density at radius 3 is 2.67 bits per heavy atom. The minimum absolute atomic E-state index is 0.0164. The monoisotopic (exact) mass is 329 g/mol. The van der Waals surface area contributed by atoms with Crippen LogP contribution in [-0.4, -0.2) is 35.4 Å². The Morgan fingerprint density at radius 1 is 1.29 bits per heavy atom. The second-order valence-electron chi connectivity index (χ2n) is 6.20. The Hall–Kier alpha value is -2.50. The normalized spacial score (nSPS) is 15.0. The summed E-state index contributed by atoms with van der Waals surface area (Å²) < 4.78 is 12.3. The van der Waals surface area contributed by atoms with E-state index in [0.29, 0.717) is 23.6 Å². The van der Waals surface area contributed by atoms with Crippen LogP contribution in [0.3, 0.4) is 0 Å². The van der Waals surface area contributed by atoms with Gasteiger partial charge in [-0.15, -0.1) is 0 Å². The lowest BCUT2D eigenvalue weighted by Crippen LogP contribution is -2.36. The molecule has 1 aromatic heterocycles. The Labute approximate surface area is 141 Å². The van der Waals surface area contributed by atoms with Gasteiger partial charge in [0.05, 0.1) is 32.5 Å². The van der Waals surface area contributed by atoms with Gasteiger partial charge in [-0.2, -0.15) is 5.10 Å². The number of ether oxygens (including phenoxy) is 2. The topological polar surface area (TPSA) is 65.4 Å². The lowest BCUT2D eigenvalue weighted by Gasteiger charge is -2.13. The molecular formula is C18H23N3O3. The minimum Gasteiger partial charge on any atom is -0.493 e. The van der Waals surface area contributed by atoms with Crippen molar-refractivity contribution >= 4 is 5.91 Å². The second kappa shape index (κ2) is 6.55. The molecule has 2 aromatic rings. The standard InChI is InChI=1S/C18H23N3O3/c1-4-18(7-8-18)20-17(22)14-10-19-21(12-14)11-13-5-6-15(23-2)16(9-13)24-3/h5-6,9-10,12H,4,7-8,11H2,1-3H3,(H,20,22). The zero-order chi connectivity index (χ0) is 17.2. The van der Waals surface area contributed by atoms with E-state index in [4.69, 9.17) is 9.47 Å². The molecule has 1 N–H and O–H groups in total. The zero-order valence-electron chi connectivity index (χ0n) is 14.3. The molecule has 0 spiro atoms. The van der Waals surface area contributed by atoms with Gasteiger partial charge in [0.25, 0.3) is 5.91 Å². The Bertz CT molecular complexity index is 735. The molecule has 1 aromatic carbocycles. The number of nitrogens with one attached hydrogen (secondary N) is 1. The third-order valence-electron chi connectivity index (χ3n) is 4.60. The highest BCUT2D eigenvalue weighted by Crippen LogP contribution is 2.38. The van der Waals surface area contributed by atoms with Crippen LogP contribution in [0.4, 0.5) is 0 Å². The molecule has 1 fully saturated rings. The molecule has 6 nitrogen and oxygen atoms in total. The molecule has 1 amide bonds. The number of hydrogen-bond donors (Lipinski definition) is 1. The van der Waals surface area contributed by atoms with Gasteiger partial charge >= 0.3 is 0 Å². The molecule has 0 saturated heterocycles. The van der Waals surface area contributed by atoms with E-state index in [9.17, 15) is 4.79 Å². The van der Waals surface area contributed by atoms with Gasteiger partial charge in [-0.1, -0.05) is 13.0 Å². The fraction of sp³-hybridized carbons (Fsp3) is 0.444. The molecule has 0 aliphatic heterocycles. The summed E-state index contributed by atoms with van der Waals surface area (Å²) in [5, 5.41) is 7.41. The molecule has 128 valence electrons. The van der Waals surface area contributed by atoms with Gasteiger partial charge in [-0.3, -0.25) is 9.48 Å². The quantitative estimate of drug-likeness (QED) is 0.848. The van der Waals surface area contributed by atoms with E-state index >= 15 is 0 Å². The van der Waals surface area contributed by atoms with Crippen LogP contribution in [0, 0.1) is 0 Å². The first-order valence-electron chi connectivity index (χ1n) is 8.15. The van der Waals surface area contributed by atoms with E-state index in [0.717, 1.165) is 24.8 Å². The van der Waals surface area contributed by atoms with Crippen LogP contribution in [0.25, 0.3) is 0 Å². The number of hydrogen-bond acceptors (Lipinski definition) is 4. The number of aromatic nitrogens is 2. The van der Waals surface area contributed by atoms with Crippen LogP contribution in [0.1, 0.15) is 42.1 Å². The Morgan fingerprint density at radius 2 is 2.04 bits per heavy atom. The summed E-state index contributed by atoms with van der Waals surface area (Å²) in [4.78, 5) is 12.3. The van der Waals surface area contributed by atoms with Crippen LogP contribution < -0.4 is 14.8 Å². The van der Waals surface area contributed by atoms with E-state index in [1.54, 1.807) is 31.3 Å². The second-order valence-corrected chi connectivity index (χ2v) is 6.20. The maximum atomic E-state index is 12.3. The predicted molar refractivity (Wildman–Crippen MR) is 90.6 cm³/mol. The van der Waals surface area contributed by atoms with Crippen molar-refractivity contribution in [3.8, 4) is 11.5 Å². The maximum Gasteiger partial charge on any atom is 0.254 e. The van der Waals surface area contributed by atoms with Crippen molar-refractivity contribution in [2.24, 2.45) is 0 Å². The highest BCUT2D eigenvalue weighted by atomic mass is 16.5. The largest absolute Gasteiger partial charge is 0.493 e. The van der Waals surface area contributed by atoms with Crippen LogP contribution in [0.2, 0.25) is 0 Å². The average Bonchev–Trinajstić information content (AvgIpc) is 3.22. The lowest BCUT2D eigenvalue weighted by atomic mass is 10.2. The summed E-state index contributed by atoms with van der Waals surface area (Å²) >= 11 is 0. The minimum atomic E-state index is -0.0482. The van der Waals surface area contributed by atoms with Crippen molar-refractivity contribution in [3.05, 3.63) is 41.7 Å². The Balaban J connectivity index is 1.69. The summed E-state index contributed by atoms with van der Waals surface area (Å²) in [6, 6.07) is 5.74. The van der Waals surface area contributed by atoms with Crippen molar-refractivity contribution in [1.82, 2.24) is 15.1 Å². The predicted octanol–water partition coefficient (Wildman–Crippen LogP) is 2.62. The zero-order valence-corrected chi connectivity index (χ0v) is 14.3. The van der Waals surface area contributed by atoms with Crippen molar-refractivity contribution in [2.75, 3.05) is 14.2 Å². The van der Waals surface area contributed by atoms with Crippen molar-refractivity contribution < 1.29 is 14.3 Å². The Kier molecular flexibility index (Phi) is 4.46. The molecule has 0 unspecified atom stereocenters. The smallest absolute Gasteiger partial charge is 0.254 e. The first-order chi connectivity index (χ1) is 11.6. The highest BCUT2D eigenvalue weighted by Gasteiger charge is 2.42. The highest BCUT2D eigenvalue weighted by molar-refractivity contribution is 5.94. The van der Waals surface area contributed by atoms with Gasteiger partial charge in [-0.25, -0.2) is 0 Å². The van der Waals surface area contributed by atoms with Crippen LogP contribution in [0.15, 0.2) is 30.6 Å². The fourth-order valence-electron chi connectivity index (χ4n) is 2.76.